The molecule has 6 nitrogen and oxygen atoms in total. The van der Waals surface area contributed by atoms with E-state index >= 15 is 0 Å². The third-order valence-corrected chi connectivity index (χ3v) is 8.64. The zero-order chi connectivity index (χ0) is 24.7. The van der Waals surface area contributed by atoms with Gasteiger partial charge >= 0.3 is 0 Å². The van der Waals surface area contributed by atoms with Gasteiger partial charge in [0.25, 0.3) is 11.8 Å². The summed E-state index contributed by atoms with van der Waals surface area (Å²) in [7, 11) is -3.97. The lowest BCUT2D eigenvalue weighted by Crippen LogP contribution is -2.42. The first-order valence-corrected chi connectivity index (χ1v) is 13.4. The number of amides is 2. The normalized spacial score (nSPS) is 21.1. The van der Waals surface area contributed by atoms with Gasteiger partial charge in [-0.05, 0) is 54.2 Å². The van der Waals surface area contributed by atoms with Crippen LogP contribution < -0.4 is 4.90 Å². The van der Waals surface area contributed by atoms with Crippen LogP contribution in [0.15, 0.2) is 82.6 Å². The highest BCUT2D eigenvalue weighted by molar-refractivity contribution is 7.91. The van der Waals surface area contributed by atoms with Crippen molar-refractivity contribution in [3.63, 3.8) is 0 Å². The summed E-state index contributed by atoms with van der Waals surface area (Å²) in [5.41, 5.74) is 1.61. The van der Waals surface area contributed by atoms with Crippen LogP contribution in [0.3, 0.4) is 0 Å². The molecule has 0 spiro atoms. The summed E-state index contributed by atoms with van der Waals surface area (Å²) in [5.74, 6) is 0.248. The van der Waals surface area contributed by atoms with E-state index in [-0.39, 0.29) is 33.5 Å². The second-order valence-corrected chi connectivity index (χ2v) is 11.6. The quantitative estimate of drug-likeness (QED) is 0.531. The standard InChI is InChI=1S/C28H28N2O4S/c1-19-14-20(2)17-29(16-19)27(31)22-12-13-26-24(15-22)30(18-21-8-4-3-5-9-21)28(32)23-10-6-7-11-25(23)35(26,33)34/h3-13,15,19-20H,14,16-18H2,1-2H3/t19-,20+. The fourth-order valence-electron chi connectivity index (χ4n) is 5.27. The molecule has 5 rings (SSSR count). The fourth-order valence-corrected chi connectivity index (χ4v) is 6.90. The van der Waals surface area contributed by atoms with Crippen LogP contribution in [-0.2, 0) is 16.4 Å². The Bertz CT molecular complexity index is 1390. The molecule has 0 unspecified atom stereocenters. The topological polar surface area (TPSA) is 74.8 Å². The lowest BCUT2D eigenvalue weighted by atomic mass is 9.91. The summed E-state index contributed by atoms with van der Waals surface area (Å²) in [6.45, 7) is 5.79. The van der Waals surface area contributed by atoms with Crippen molar-refractivity contribution < 1.29 is 18.0 Å². The lowest BCUT2D eigenvalue weighted by Gasteiger charge is -2.35. The van der Waals surface area contributed by atoms with Crippen LogP contribution in [0.4, 0.5) is 5.69 Å². The van der Waals surface area contributed by atoms with Crippen molar-refractivity contribution >= 4 is 27.3 Å². The van der Waals surface area contributed by atoms with Gasteiger partial charge < -0.3 is 9.80 Å². The van der Waals surface area contributed by atoms with Gasteiger partial charge in [0.1, 0.15) is 0 Å². The Kier molecular flexibility index (Phi) is 5.97. The molecule has 2 atom stereocenters. The van der Waals surface area contributed by atoms with Gasteiger partial charge in [-0.25, -0.2) is 8.42 Å². The first kappa shape index (κ1) is 23.3. The smallest absolute Gasteiger partial charge is 0.259 e. The summed E-state index contributed by atoms with van der Waals surface area (Å²) in [6.07, 6.45) is 1.07. The Labute approximate surface area is 206 Å². The van der Waals surface area contributed by atoms with Crippen LogP contribution in [-0.4, -0.2) is 38.2 Å². The first-order valence-electron chi connectivity index (χ1n) is 11.9. The number of carbonyl (C=O) groups is 2. The van der Waals surface area contributed by atoms with Crippen molar-refractivity contribution in [2.75, 3.05) is 18.0 Å². The molecule has 35 heavy (non-hydrogen) atoms. The van der Waals surface area contributed by atoms with Gasteiger partial charge in [-0.2, -0.15) is 0 Å². The summed E-state index contributed by atoms with van der Waals surface area (Å²) in [4.78, 5) is 30.5. The Morgan fingerprint density at radius 1 is 0.886 bits per heavy atom. The van der Waals surface area contributed by atoms with Crippen LogP contribution >= 0.6 is 0 Å². The molecule has 2 aliphatic rings. The van der Waals surface area contributed by atoms with Crippen LogP contribution in [0.25, 0.3) is 0 Å². The van der Waals surface area contributed by atoms with E-state index in [0.717, 1.165) is 12.0 Å². The molecule has 0 aromatic heterocycles. The highest BCUT2D eigenvalue weighted by Gasteiger charge is 2.36. The number of anilines is 1. The number of carbonyl (C=O) groups excluding carboxylic acids is 2. The monoisotopic (exact) mass is 488 g/mol. The maximum absolute atomic E-state index is 13.7. The summed E-state index contributed by atoms with van der Waals surface area (Å²) >= 11 is 0. The third kappa shape index (κ3) is 4.25. The number of likely N-dealkylation sites (tertiary alicyclic amines) is 1. The number of hydrogen-bond donors (Lipinski definition) is 0. The summed E-state index contributed by atoms with van der Waals surface area (Å²) < 4.78 is 27.3. The Morgan fingerprint density at radius 3 is 2.26 bits per heavy atom. The van der Waals surface area contributed by atoms with Crippen LogP contribution in [0, 0.1) is 11.8 Å². The number of fused-ring (bicyclic) bond motifs is 2. The number of sulfone groups is 1. The second kappa shape index (κ2) is 8.96. The predicted molar refractivity (Wildman–Crippen MR) is 134 cm³/mol. The molecule has 0 bridgehead atoms. The second-order valence-electron chi connectivity index (χ2n) is 9.72. The van der Waals surface area contributed by atoms with Crippen LogP contribution in [0.1, 0.15) is 46.5 Å². The molecule has 0 saturated carbocycles. The number of rotatable bonds is 3. The SMILES string of the molecule is C[C@@H]1C[C@H](C)CN(C(=O)c2ccc3c(c2)N(Cc2ccccc2)C(=O)c2ccccc2S3(=O)=O)C1. The van der Waals surface area contributed by atoms with E-state index in [1.54, 1.807) is 30.3 Å². The van der Waals surface area contributed by atoms with Crippen molar-refractivity contribution in [1.29, 1.82) is 0 Å². The average molecular weight is 489 g/mol. The molecule has 0 radical (unpaired) electrons. The lowest BCUT2D eigenvalue weighted by molar-refractivity contribution is 0.0623. The van der Waals surface area contributed by atoms with Gasteiger partial charge in [0.15, 0.2) is 0 Å². The number of benzene rings is 3. The molecule has 3 aromatic carbocycles. The molecule has 2 aliphatic heterocycles. The van der Waals surface area contributed by atoms with Crippen molar-refractivity contribution in [2.24, 2.45) is 11.8 Å². The molecule has 0 N–H and O–H groups in total. The summed E-state index contributed by atoms with van der Waals surface area (Å²) in [6, 6.07) is 20.3. The predicted octanol–water partition coefficient (Wildman–Crippen LogP) is 4.80. The van der Waals surface area contributed by atoms with Crippen LogP contribution in [0.2, 0.25) is 0 Å². The maximum Gasteiger partial charge on any atom is 0.259 e. The van der Waals surface area contributed by atoms with Crippen molar-refractivity contribution in [3.8, 4) is 0 Å². The molecule has 180 valence electrons. The van der Waals surface area contributed by atoms with Gasteiger partial charge in [0.2, 0.25) is 9.84 Å². The molecule has 0 aliphatic carbocycles. The van der Waals surface area contributed by atoms with E-state index in [2.05, 4.69) is 13.8 Å². The Morgan fingerprint density at radius 2 is 1.54 bits per heavy atom. The number of hydrogen-bond acceptors (Lipinski definition) is 4. The van der Waals surface area contributed by atoms with Crippen molar-refractivity contribution in [1.82, 2.24) is 4.90 Å². The minimum absolute atomic E-state index is 0.0143. The van der Waals surface area contributed by atoms with Crippen LogP contribution in [0.5, 0.6) is 0 Å². The maximum atomic E-state index is 13.7. The highest BCUT2D eigenvalue weighted by Crippen LogP contribution is 2.38. The fraction of sp³-hybridized carbons (Fsp3) is 0.286. The average Bonchev–Trinajstić information content (AvgIpc) is 2.92. The van der Waals surface area contributed by atoms with Gasteiger partial charge in [-0.15, -0.1) is 0 Å². The molecule has 3 aromatic rings. The van der Waals surface area contributed by atoms with Crippen molar-refractivity contribution in [2.45, 2.75) is 36.6 Å². The molecule has 1 fully saturated rings. The van der Waals surface area contributed by atoms with Gasteiger partial charge in [0, 0.05) is 18.7 Å². The van der Waals surface area contributed by atoms with Gasteiger partial charge in [-0.1, -0.05) is 56.3 Å². The number of piperidine rings is 1. The van der Waals surface area contributed by atoms with E-state index in [9.17, 15) is 18.0 Å². The molecule has 1 saturated heterocycles. The minimum Gasteiger partial charge on any atom is -0.338 e. The summed E-state index contributed by atoms with van der Waals surface area (Å²) in [5, 5.41) is 0. The van der Waals surface area contributed by atoms with Crippen molar-refractivity contribution in [3.05, 3.63) is 89.5 Å². The first-order chi connectivity index (χ1) is 16.8. The molecule has 2 amide bonds. The molecule has 7 heteroatoms. The van der Waals surface area contributed by atoms with E-state index < -0.39 is 15.7 Å². The van der Waals surface area contributed by atoms with E-state index in [4.69, 9.17) is 0 Å². The van der Waals surface area contributed by atoms with E-state index in [1.807, 2.05) is 35.2 Å². The van der Waals surface area contributed by atoms with Gasteiger partial charge in [0.05, 0.1) is 27.6 Å². The molecular formula is C28H28N2O4S. The molecule has 2 heterocycles. The number of nitrogens with zero attached hydrogens (tertiary/aromatic N) is 2. The Balaban J connectivity index is 1.65. The van der Waals surface area contributed by atoms with Gasteiger partial charge in [-0.3, -0.25) is 9.59 Å². The Hall–Kier alpha value is -3.45. The highest BCUT2D eigenvalue weighted by atomic mass is 32.2. The largest absolute Gasteiger partial charge is 0.338 e. The van der Waals surface area contributed by atoms with E-state index in [1.165, 1.54) is 17.0 Å². The third-order valence-electron chi connectivity index (χ3n) is 6.78. The zero-order valence-corrected chi connectivity index (χ0v) is 20.7. The van der Waals surface area contributed by atoms with E-state index in [0.29, 0.717) is 30.5 Å². The molecular weight excluding hydrogens is 460 g/mol. The minimum atomic E-state index is -3.97. The zero-order valence-electron chi connectivity index (χ0n) is 19.8.